The fourth-order valence-corrected chi connectivity index (χ4v) is 5.78. The number of carbonyl (C=O) groups is 1. The molecule has 1 N–H and O–H groups in total. The molecular formula is C33H32ClN7O3. The summed E-state index contributed by atoms with van der Waals surface area (Å²) in [6.45, 7) is 6.54. The van der Waals surface area contributed by atoms with Crippen molar-refractivity contribution < 1.29 is 9.53 Å². The molecule has 0 saturated carbocycles. The van der Waals surface area contributed by atoms with E-state index in [2.05, 4.69) is 10.3 Å². The lowest BCUT2D eigenvalue weighted by Gasteiger charge is -2.36. The number of ether oxygens (including phenoxy) is 1. The Kier molecular flexibility index (Phi) is 7.69. The molecule has 0 aliphatic carbocycles. The zero-order valence-electron chi connectivity index (χ0n) is 25.1. The molecular weight excluding hydrogens is 578 g/mol. The minimum atomic E-state index is -0.542. The molecule has 1 atom stereocenters. The van der Waals surface area contributed by atoms with Crippen molar-refractivity contribution in [2.75, 3.05) is 31.0 Å². The summed E-state index contributed by atoms with van der Waals surface area (Å²) in [5, 5.41) is 4.09. The third kappa shape index (κ3) is 5.33. The average molecular weight is 610 g/mol. The predicted octanol–water partition coefficient (Wildman–Crippen LogP) is 5.68. The molecule has 0 radical (unpaired) electrons. The van der Waals surface area contributed by atoms with Gasteiger partial charge in [-0.1, -0.05) is 41.9 Å². The smallest absolute Gasteiger partial charge is 0.267 e. The first-order valence-corrected chi connectivity index (χ1v) is 14.6. The number of benzene rings is 3. The highest BCUT2D eigenvalue weighted by atomic mass is 35.5. The SMILES string of the molecule is COc1ccc(CN2CN(C)C(=O)c3c(NC(C)c4nc5cccc(Cl)c5c(=O)n4-c4cccc(C)c4)nc(C)nc32)cc1. The van der Waals surface area contributed by atoms with Crippen LogP contribution >= 0.6 is 11.6 Å². The van der Waals surface area contributed by atoms with Crippen LogP contribution in [0, 0.1) is 13.8 Å². The third-order valence-corrected chi connectivity index (χ3v) is 7.97. The molecule has 0 bridgehead atoms. The highest BCUT2D eigenvalue weighted by Gasteiger charge is 2.33. The van der Waals surface area contributed by atoms with Gasteiger partial charge in [-0.15, -0.1) is 0 Å². The fraction of sp³-hybridized carbons (Fsp3) is 0.242. The second kappa shape index (κ2) is 11.6. The Morgan fingerprint density at radius 3 is 2.48 bits per heavy atom. The largest absolute Gasteiger partial charge is 0.497 e. The van der Waals surface area contributed by atoms with E-state index >= 15 is 0 Å². The van der Waals surface area contributed by atoms with Crippen molar-refractivity contribution in [3.63, 3.8) is 0 Å². The summed E-state index contributed by atoms with van der Waals surface area (Å²) >= 11 is 6.49. The maximum Gasteiger partial charge on any atom is 0.267 e. The van der Waals surface area contributed by atoms with E-state index in [1.807, 2.05) is 67.3 Å². The van der Waals surface area contributed by atoms with Gasteiger partial charge >= 0.3 is 0 Å². The number of anilines is 2. The number of nitrogens with zero attached hydrogens (tertiary/aromatic N) is 6. The maximum atomic E-state index is 14.0. The van der Waals surface area contributed by atoms with Crippen molar-refractivity contribution in [3.05, 3.63) is 110 Å². The van der Waals surface area contributed by atoms with Crippen LogP contribution in [0.1, 0.15) is 46.1 Å². The van der Waals surface area contributed by atoms with Crippen LogP contribution in [-0.4, -0.2) is 51.2 Å². The molecule has 3 heterocycles. The van der Waals surface area contributed by atoms with E-state index in [4.69, 9.17) is 26.3 Å². The molecule has 0 saturated heterocycles. The van der Waals surface area contributed by atoms with Gasteiger partial charge in [0, 0.05) is 13.6 Å². The Labute approximate surface area is 259 Å². The molecule has 3 aromatic carbocycles. The first kappa shape index (κ1) is 29.1. The van der Waals surface area contributed by atoms with Crippen molar-refractivity contribution in [1.82, 2.24) is 24.4 Å². The van der Waals surface area contributed by atoms with Gasteiger partial charge in [-0.3, -0.25) is 14.2 Å². The van der Waals surface area contributed by atoms with Gasteiger partial charge in [-0.25, -0.2) is 15.0 Å². The second-order valence-corrected chi connectivity index (χ2v) is 11.4. The number of aryl methyl sites for hydroxylation is 2. The molecule has 2 aromatic heterocycles. The van der Waals surface area contributed by atoms with Crippen molar-refractivity contribution in [2.24, 2.45) is 0 Å². The molecule has 44 heavy (non-hydrogen) atoms. The number of nitrogens with one attached hydrogen (secondary N) is 1. The van der Waals surface area contributed by atoms with Crippen LogP contribution in [0.2, 0.25) is 5.02 Å². The number of carbonyl (C=O) groups excluding carboxylic acids is 1. The minimum Gasteiger partial charge on any atom is -0.497 e. The Balaban J connectivity index is 1.45. The fourth-order valence-electron chi connectivity index (χ4n) is 5.53. The minimum absolute atomic E-state index is 0.199. The second-order valence-electron chi connectivity index (χ2n) is 11.0. The standard InChI is InChI=1S/C33H32ClN7O3/c1-19-8-6-9-23(16-19)41-30(38-26-11-7-10-25(34)27(26)33(41)43)20(2)35-29-28-31(37-21(3)36-29)40(18-39(4)32(28)42)17-22-12-14-24(44-5)15-13-22/h6-16,20H,17-18H2,1-5H3,(H,35,36,37). The Hall–Kier alpha value is -4.96. The summed E-state index contributed by atoms with van der Waals surface area (Å²) in [5.41, 5.74) is 3.26. The lowest BCUT2D eigenvalue weighted by Crippen LogP contribution is -2.45. The van der Waals surface area contributed by atoms with Crippen LogP contribution in [0.25, 0.3) is 16.6 Å². The molecule has 0 spiro atoms. The molecule has 6 rings (SSSR count). The van der Waals surface area contributed by atoms with E-state index in [0.29, 0.717) is 63.7 Å². The highest BCUT2D eigenvalue weighted by Crippen LogP contribution is 2.33. The summed E-state index contributed by atoms with van der Waals surface area (Å²) in [6, 6.07) is 20.1. The number of hydrogen-bond acceptors (Lipinski definition) is 8. The van der Waals surface area contributed by atoms with Crippen LogP contribution in [-0.2, 0) is 6.54 Å². The molecule has 11 heteroatoms. The molecule has 10 nitrogen and oxygen atoms in total. The van der Waals surface area contributed by atoms with Crippen LogP contribution in [0.15, 0.2) is 71.5 Å². The van der Waals surface area contributed by atoms with Crippen LogP contribution in [0.5, 0.6) is 5.75 Å². The van der Waals surface area contributed by atoms with E-state index in [1.54, 1.807) is 48.7 Å². The lowest BCUT2D eigenvalue weighted by molar-refractivity contribution is 0.0781. The van der Waals surface area contributed by atoms with Gasteiger partial charge in [0.1, 0.15) is 34.6 Å². The maximum absolute atomic E-state index is 14.0. The monoisotopic (exact) mass is 609 g/mol. The van der Waals surface area contributed by atoms with E-state index < -0.39 is 6.04 Å². The first-order chi connectivity index (χ1) is 21.1. The van der Waals surface area contributed by atoms with Crippen LogP contribution in [0.3, 0.4) is 0 Å². The van der Waals surface area contributed by atoms with Gasteiger partial charge in [0.05, 0.1) is 41.4 Å². The predicted molar refractivity (Wildman–Crippen MR) is 172 cm³/mol. The Bertz CT molecular complexity index is 1960. The van der Waals surface area contributed by atoms with E-state index in [-0.39, 0.29) is 11.5 Å². The number of amides is 1. The molecule has 1 unspecified atom stereocenters. The Morgan fingerprint density at radius 2 is 1.75 bits per heavy atom. The van der Waals surface area contributed by atoms with Gasteiger partial charge in [0.2, 0.25) is 0 Å². The number of methoxy groups -OCH3 is 1. The number of hydrogen-bond donors (Lipinski definition) is 1. The van der Waals surface area contributed by atoms with E-state index in [1.165, 1.54) is 0 Å². The molecule has 224 valence electrons. The molecule has 1 aliphatic heterocycles. The molecule has 5 aromatic rings. The first-order valence-electron chi connectivity index (χ1n) is 14.2. The third-order valence-electron chi connectivity index (χ3n) is 7.65. The summed E-state index contributed by atoms with van der Waals surface area (Å²) in [4.78, 5) is 45.6. The summed E-state index contributed by atoms with van der Waals surface area (Å²) in [6.07, 6.45) is 0. The lowest BCUT2D eigenvalue weighted by atomic mass is 10.1. The quantitative estimate of drug-likeness (QED) is 0.251. The highest BCUT2D eigenvalue weighted by molar-refractivity contribution is 6.35. The number of rotatable bonds is 7. The molecule has 0 fully saturated rings. The summed E-state index contributed by atoms with van der Waals surface area (Å²) in [7, 11) is 3.39. The van der Waals surface area contributed by atoms with Crippen LogP contribution < -0.4 is 20.5 Å². The van der Waals surface area contributed by atoms with Gasteiger partial charge in [0.15, 0.2) is 0 Å². The van der Waals surface area contributed by atoms with Crippen LogP contribution in [0.4, 0.5) is 11.6 Å². The molecule has 1 amide bonds. The zero-order chi connectivity index (χ0) is 31.1. The number of fused-ring (bicyclic) bond motifs is 2. The van der Waals surface area contributed by atoms with Crippen molar-refractivity contribution >= 4 is 40.0 Å². The van der Waals surface area contributed by atoms with Crippen molar-refractivity contribution in [1.29, 1.82) is 0 Å². The zero-order valence-corrected chi connectivity index (χ0v) is 25.9. The van der Waals surface area contributed by atoms with Gasteiger partial charge in [-0.2, -0.15) is 0 Å². The van der Waals surface area contributed by atoms with Crippen molar-refractivity contribution in [2.45, 2.75) is 33.4 Å². The Morgan fingerprint density at radius 1 is 1.00 bits per heavy atom. The van der Waals surface area contributed by atoms with E-state index in [9.17, 15) is 9.59 Å². The van der Waals surface area contributed by atoms with Gasteiger partial charge < -0.3 is 19.9 Å². The number of halogens is 1. The average Bonchev–Trinajstić information content (AvgIpc) is 2.99. The summed E-state index contributed by atoms with van der Waals surface area (Å²) < 4.78 is 6.88. The van der Waals surface area contributed by atoms with Gasteiger partial charge in [0.25, 0.3) is 11.5 Å². The normalized spacial score (nSPS) is 13.6. The number of aromatic nitrogens is 4. The summed E-state index contributed by atoms with van der Waals surface area (Å²) in [5.74, 6) is 2.44. The van der Waals surface area contributed by atoms with E-state index in [0.717, 1.165) is 16.9 Å². The van der Waals surface area contributed by atoms with Crippen molar-refractivity contribution in [3.8, 4) is 11.4 Å². The van der Waals surface area contributed by atoms with Gasteiger partial charge in [-0.05, 0) is 68.3 Å². The molecule has 1 aliphatic rings. The topological polar surface area (TPSA) is 105 Å².